The number of carbonyl (C=O) groups is 1. The normalized spacial score (nSPS) is 15.5. The van der Waals surface area contributed by atoms with E-state index < -0.39 is 0 Å². The van der Waals surface area contributed by atoms with Gasteiger partial charge in [0.15, 0.2) is 23.1 Å². The number of hydrogen-bond acceptors (Lipinski definition) is 8. The van der Waals surface area contributed by atoms with Crippen LogP contribution in [0.3, 0.4) is 0 Å². The van der Waals surface area contributed by atoms with Gasteiger partial charge in [0, 0.05) is 32.7 Å². The molecule has 1 amide bonds. The lowest BCUT2D eigenvalue weighted by atomic mass is 10.0. The Kier molecular flexibility index (Phi) is 7.46. The van der Waals surface area contributed by atoms with Crippen molar-refractivity contribution in [2.75, 3.05) is 40.4 Å². The Hall–Kier alpha value is -3.40. The molecule has 0 aliphatic carbocycles. The third kappa shape index (κ3) is 5.06. The third-order valence-corrected chi connectivity index (χ3v) is 6.24. The summed E-state index contributed by atoms with van der Waals surface area (Å²) >= 11 is 0. The number of tetrazole rings is 1. The molecule has 10 heteroatoms. The molecule has 34 heavy (non-hydrogen) atoms. The van der Waals surface area contributed by atoms with E-state index in [9.17, 15) is 4.79 Å². The summed E-state index contributed by atoms with van der Waals surface area (Å²) in [5.41, 5.74) is 1.12. The van der Waals surface area contributed by atoms with Gasteiger partial charge >= 0.3 is 0 Å². The molecule has 0 radical (unpaired) electrons. The highest BCUT2D eigenvalue weighted by Gasteiger charge is 2.33. The van der Waals surface area contributed by atoms with Gasteiger partial charge in [0.05, 0.1) is 26.5 Å². The van der Waals surface area contributed by atoms with Crippen LogP contribution in [0, 0.1) is 5.92 Å². The Balaban J connectivity index is 1.43. The highest BCUT2D eigenvalue weighted by molar-refractivity contribution is 5.91. The van der Waals surface area contributed by atoms with Crippen molar-refractivity contribution in [3.8, 4) is 11.5 Å². The molecule has 2 aromatic heterocycles. The summed E-state index contributed by atoms with van der Waals surface area (Å²) in [7, 11) is 3.26. The fourth-order valence-electron chi connectivity index (χ4n) is 4.50. The molecule has 1 aromatic carbocycles. The second-order valence-corrected chi connectivity index (χ2v) is 8.69. The average molecular weight is 469 g/mol. The van der Waals surface area contributed by atoms with Crippen molar-refractivity contribution in [2.45, 2.75) is 32.9 Å². The first-order valence-electron chi connectivity index (χ1n) is 11.6. The van der Waals surface area contributed by atoms with Gasteiger partial charge in [-0.3, -0.25) is 9.69 Å². The molecule has 10 nitrogen and oxygen atoms in total. The third-order valence-electron chi connectivity index (χ3n) is 6.24. The van der Waals surface area contributed by atoms with E-state index in [1.165, 1.54) is 6.26 Å². The van der Waals surface area contributed by atoms with Gasteiger partial charge in [-0.2, -0.15) is 0 Å². The van der Waals surface area contributed by atoms with E-state index in [1.54, 1.807) is 26.4 Å². The molecule has 0 saturated carbocycles. The van der Waals surface area contributed by atoms with Crippen LogP contribution in [-0.2, 0) is 13.0 Å². The Morgan fingerprint density at radius 3 is 2.50 bits per heavy atom. The second kappa shape index (κ2) is 10.7. The molecule has 1 saturated heterocycles. The van der Waals surface area contributed by atoms with E-state index in [1.807, 2.05) is 27.8 Å². The summed E-state index contributed by atoms with van der Waals surface area (Å²) in [6, 6.07) is 9.42. The van der Waals surface area contributed by atoms with Gasteiger partial charge in [0.25, 0.3) is 5.91 Å². The van der Waals surface area contributed by atoms with E-state index in [-0.39, 0.29) is 11.9 Å². The maximum Gasteiger partial charge on any atom is 0.289 e. The van der Waals surface area contributed by atoms with Crippen LogP contribution in [0.4, 0.5) is 0 Å². The lowest BCUT2D eigenvalue weighted by molar-refractivity contribution is 0.0463. The number of piperazine rings is 1. The van der Waals surface area contributed by atoms with Gasteiger partial charge in [0.1, 0.15) is 0 Å². The van der Waals surface area contributed by atoms with Gasteiger partial charge in [-0.05, 0) is 52.6 Å². The Morgan fingerprint density at radius 1 is 1.09 bits per heavy atom. The van der Waals surface area contributed by atoms with Crippen molar-refractivity contribution in [3.05, 3.63) is 53.7 Å². The molecule has 0 N–H and O–H groups in total. The number of aryl methyl sites for hydroxylation is 2. The van der Waals surface area contributed by atoms with Crippen LogP contribution in [-0.4, -0.2) is 76.3 Å². The topological polar surface area (TPSA) is 98.8 Å². The van der Waals surface area contributed by atoms with E-state index in [4.69, 9.17) is 13.9 Å². The molecule has 3 heterocycles. The Labute approximate surface area is 199 Å². The van der Waals surface area contributed by atoms with E-state index >= 15 is 0 Å². The zero-order chi connectivity index (χ0) is 24.1. The zero-order valence-electron chi connectivity index (χ0n) is 20.2. The lowest BCUT2D eigenvalue weighted by Crippen LogP contribution is -2.50. The number of carbonyl (C=O) groups excluding carboxylic acids is 1. The minimum absolute atomic E-state index is 0.0567. The largest absolute Gasteiger partial charge is 0.493 e. The quantitative estimate of drug-likeness (QED) is 0.473. The number of methoxy groups -OCH3 is 2. The van der Waals surface area contributed by atoms with Crippen LogP contribution in [0.25, 0.3) is 0 Å². The van der Waals surface area contributed by atoms with Crippen LogP contribution in [0.2, 0.25) is 0 Å². The molecule has 1 fully saturated rings. The highest BCUT2D eigenvalue weighted by atomic mass is 16.5. The van der Waals surface area contributed by atoms with E-state index in [0.29, 0.717) is 42.8 Å². The molecule has 1 aliphatic heterocycles. The number of benzene rings is 1. The van der Waals surface area contributed by atoms with Crippen LogP contribution >= 0.6 is 0 Å². The molecule has 1 atom stereocenters. The first kappa shape index (κ1) is 23.7. The molecule has 0 spiro atoms. The summed E-state index contributed by atoms with van der Waals surface area (Å²) in [6.07, 6.45) is 2.29. The number of rotatable bonds is 9. The average Bonchev–Trinajstić information content (AvgIpc) is 3.55. The first-order valence-corrected chi connectivity index (χ1v) is 11.6. The van der Waals surface area contributed by atoms with Gasteiger partial charge in [-0.25, -0.2) is 4.68 Å². The van der Waals surface area contributed by atoms with Crippen molar-refractivity contribution >= 4 is 5.91 Å². The Bertz CT molecular complexity index is 1070. The second-order valence-electron chi connectivity index (χ2n) is 8.69. The van der Waals surface area contributed by atoms with Crippen molar-refractivity contribution in [1.82, 2.24) is 30.0 Å². The maximum absolute atomic E-state index is 12.6. The van der Waals surface area contributed by atoms with E-state index in [2.05, 4.69) is 34.3 Å². The molecule has 3 aromatic rings. The van der Waals surface area contributed by atoms with Crippen LogP contribution < -0.4 is 9.47 Å². The van der Waals surface area contributed by atoms with Gasteiger partial charge in [0.2, 0.25) is 0 Å². The predicted octanol–water partition coefficient (Wildman–Crippen LogP) is 2.68. The molecule has 1 unspecified atom stereocenters. The number of amides is 1. The molecular formula is C24H32N6O4. The van der Waals surface area contributed by atoms with Gasteiger partial charge in [-0.1, -0.05) is 19.9 Å². The molecule has 0 bridgehead atoms. The fraction of sp³-hybridized carbons (Fsp3) is 0.500. The summed E-state index contributed by atoms with van der Waals surface area (Å²) in [4.78, 5) is 16.8. The minimum Gasteiger partial charge on any atom is -0.493 e. The maximum atomic E-state index is 12.6. The standard InChI is InChI=1S/C24H32N6O4/c1-17(2)22(28-11-13-29(14-12-28)24(31)20-6-5-15-34-20)23-25-26-27-30(23)10-9-18-7-8-19(32-3)21(16-18)33-4/h5-8,15-17,22H,9-14H2,1-4H3. The lowest BCUT2D eigenvalue weighted by Gasteiger charge is -2.40. The number of aromatic nitrogens is 4. The molecular weight excluding hydrogens is 436 g/mol. The van der Waals surface area contributed by atoms with Crippen molar-refractivity contribution in [3.63, 3.8) is 0 Å². The highest BCUT2D eigenvalue weighted by Crippen LogP contribution is 2.30. The fourth-order valence-corrected chi connectivity index (χ4v) is 4.50. The number of furan rings is 1. The summed E-state index contributed by atoms with van der Waals surface area (Å²) in [5, 5.41) is 12.7. The summed E-state index contributed by atoms with van der Waals surface area (Å²) < 4.78 is 17.9. The van der Waals surface area contributed by atoms with Gasteiger partial charge < -0.3 is 18.8 Å². The SMILES string of the molecule is COc1ccc(CCn2nnnc2C(C(C)C)N2CCN(C(=O)c3ccco3)CC2)cc1OC. The van der Waals surface area contributed by atoms with Crippen molar-refractivity contribution in [2.24, 2.45) is 5.92 Å². The number of hydrogen-bond donors (Lipinski definition) is 0. The Morgan fingerprint density at radius 2 is 1.85 bits per heavy atom. The number of ether oxygens (including phenoxy) is 2. The molecule has 1 aliphatic rings. The van der Waals surface area contributed by atoms with Crippen molar-refractivity contribution < 1.29 is 18.7 Å². The van der Waals surface area contributed by atoms with Crippen LogP contribution in [0.5, 0.6) is 11.5 Å². The van der Waals surface area contributed by atoms with Gasteiger partial charge in [-0.15, -0.1) is 5.10 Å². The number of nitrogens with zero attached hydrogens (tertiary/aromatic N) is 6. The minimum atomic E-state index is -0.0644. The van der Waals surface area contributed by atoms with Crippen LogP contribution in [0.15, 0.2) is 41.0 Å². The molecule has 4 rings (SSSR count). The smallest absolute Gasteiger partial charge is 0.289 e. The summed E-state index contributed by atoms with van der Waals surface area (Å²) in [5.74, 6) is 2.88. The van der Waals surface area contributed by atoms with E-state index in [0.717, 1.165) is 30.9 Å². The molecule has 182 valence electrons. The summed E-state index contributed by atoms with van der Waals surface area (Å²) in [6.45, 7) is 7.77. The van der Waals surface area contributed by atoms with Crippen molar-refractivity contribution in [1.29, 1.82) is 0 Å². The van der Waals surface area contributed by atoms with Crippen LogP contribution in [0.1, 0.15) is 41.8 Å². The monoisotopic (exact) mass is 468 g/mol. The first-order chi connectivity index (χ1) is 16.5. The zero-order valence-corrected chi connectivity index (χ0v) is 20.2. The predicted molar refractivity (Wildman–Crippen MR) is 125 cm³/mol.